The lowest BCUT2D eigenvalue weighted by Gasteiger charge is -2.15. The number of thioether (sulfide) groups is 1. The second-order valence-corrected chi connectivity index (χ2v) is 8.88. The van der Waals surface area contributed by atoms with E-state index >= 15 is 0 Å². The van der Waals surface area contributed by atoms with Crippen LogP contribution >= 0.6 is 11.8 Å². The van der Waals surface area contributed by atoms with Gasteiger partial charge in [0.05, 0.1) is 25.7 Å². The first kappa shape index (κ1) is 23.6. The van der Waals surface area contributed by atoms with Crippen LogP contribution in [0.3, 0.4) is 0 Å². The van der Waals surface area contributed by atoms with E-state index in [4.69, 9.17) is 9.15 Å². The Morgan fingerprint density at radius 1 is 1.12 bits per heavy atom. The molecule has 0 saturated carbocycles. The minimum atomic E-state index is -0.0840. The van der Waals surface area contributed by atoms with Crippen LogP contribution in [0.5, 0.6) is 5.75 Å². The van der Waals surface area contributed by atoms with E-state index in [-0.39, 0.29) is 11.7 Å². The highest BCUT2D eigenvalue weighted by atomic mass is 32.2. The summed E-state index contributed by atoms with van der Waals surface area (Å²) in [6.45, 7) is 4.77. The largest absolute Gasteiger partial charge is 0.497 e. The van der Waals surface area contributed by atoms with Crippen molar-refractivity contribution in [2.75, 3.05) is 18.2 Å². The third-order valence-corrected chi connectivity index (χ3v) is 6.64. The topological polar surface area (TPSA) is 82.2 Å². The lowest BCUT2D eigenvalue weighted by Crippen LogP contribution is -2.16. The number of hydrogen-bond acceptors (Lipinski definition) is 6. The summed E-state index contributed by atoms with van der Waals surface area (Å²) in [5.74, 6) is 2.75. The van der Waals surface area contributed by atoms with Gasteiger partial charge in [-0.1, -0.05) is 43.8 Å². The van der Waals surface area contributed by atoms with Gasteiger partial charge in [-0.3, -0.25) is 9.36 Å². The van der Waals surface area contributed by atoms with Gasteiger partial charge in [-0.2, -0.15) is 0 Å². The average molecular weight is 477 g/mol. The average Bonchev–Trinajstić information content (AvgIpc) is 3.53. The zero-order valence-corrected chi connectivity index (χ0v) is 20.3. The molecule has 2 aromatic heterocycles. The first-order valence-electron chi connectivity index (χ1n) is 11.2. The van der Waals surface area contributed by atoms with Crippen molar-refractivity contribution in [3.8, 4) is 17.1 Å². The van der Waals surface area contributed by atoms with E-state index in [2.05, 4.69) is 35.4 Å². The molecule has 0 bridgehead atoms. The second kappa shape index (κ2) is 11.1. The van der Waals surface area contributed by atoms with Crippen molar-refractivity contribution in [2.24, 2.45) is 0 Å². The van der Waals surface area contributed by atoms with Crippen molar-refractivity contribution in [1.29, 1.82) is 0 Å². The molecule has 0 aliphatic carbocycles. The van der Waals surface area contributed by atoms with Gasteiger partial charge in [-0.05, 0) is 60.4 Å². The van der Waals surface area contributed by atoms with E-state index in [0.717, 1.165) is 34.7 Å². The zero-order valence-electron chi connectivity index (χ0n) is 19.5. The molecule has 0 aliphatic rings. The molecule has 0 fully saturated rings. The fourth-order valence-corrected chi connectivity index (χ4v) is 4.36. The van der Waals surface area contributed by atoms with Gasteiger partial charge in [0, 0.05) is 11.3 Å². The molecule has 1 unspecified atom stereocenters. The minimum Gasteiger partial charge on any atom is -0.497 e. The van der Waals surface area contributed by atoms with Crippen molar-refractivity contribution in [3.05, 3.63) is 78.3 Å². The lowest BCUT2D eigenvalue weighted by molar-refractivity contribution is -0.113. The molecule has 0 saturated heterocycles. The molecule has 4 rings (SSSR count). The molecule has 1 N–H and O–H groups in total. The Morgan fingerprint density at radius 3 is 2.62 bits per heavy atom. The molecule has 1 amide bonds. The van der Waals surface area contributed by atoms with Crippen LogP contribution in [0, 0.1) is 0 Å². The molecule has 7 nitrogen and oxygen atoms in total. The molecular formula is C26H28N4O3S. The summed E-state index contributed by atoms with van der Waals surface area (Å²) >= 11 is 1.35. The fraction of sp³-hybridized carbons (Fsp3) is 0.269. The van der Waals surface area contributed by atoms with E-state index in [9.17, 15) is 4.79 Å². The summed E-state index contributed by atoms with van der Waals surface area (Å²) in [4.78, 5) is 12.8. The number of para-hydroxylation sites is 1. The van der Waals surface area contributed by atoms with Crippen LogP contribution in [0.25, 0.3) is 11.4 Å². The Bertz CT molecular complexity index is 1220. The number of carbonyl (C=O) groups excluding carboxylic acids is 1. The summed E-state index contributed by atoms with van der Waals surface area (Å²) in [6.07, 6.45) is 2.65. The van der Waals surface area contributed by atoms with Gasteiger partial charge >= 0.3 is 0 Å². The summed E-state index contributed by atoms with van der Waals surface area (Å²) in [6, 6.07) is 19.4. The van der Waals surface area contributed by atoms with E-state index < -0.39 is 0 Å². The third kappa shape index (κ3) is 5.51. The Hall–Kier alpha value is -3.52. The summed E-state index contributed by atoms with van der Waals surface area (Å²) < 4.78 is 12.8. The molecule has 0 spiro atoms. The second-order valence-electron chi connectivity index (χ2n) is 7.93. The normalized spacial score (nSPS) is 11.9. The van der Waals surface area contributed by atoms with E-state index in [1.165, 1.54) is 11.8 Å². The number of aromatic nitrogens is 3. The lowest BCUT2D eigenvalue weighted by atomic mass is 9.97. The van der Waals surface area contributed by atoms with E-state index in [1.54, 1.807) is 13.4 Å². The standard InChI is InChI=1S/C26H28N4O3S/c1-4-18(2)22-9-5-6-10-23(22)27-24(31)17-34-26-29-28-25(19-11-13-20(32-3)14-12-19)30(26)16-21-8-7-15-33-21/h5-15,18H,4,16-17H2,1-3H3,(H,27,31). The molecule has 0 aliphatic heterocycles. The Balaban J connectivity index is 1.52. The number of nitrogens with zero attached hydrogens (tertiary/aromatic N) is 3. The quantitative estimate of drug-likeness (QED) is 0.290. The molecule has 1 atom stereocenters. The van der Waals surface area contributed by atoms with Crippen LogP contribution in [-0.4, -0.2) is 33.5 Å². The smallest absolute Gasteiger partial charge is 0.234 e. The van der Waals surface area contributed by atoms with Crippen molar-refractivity contribution >= 4 is 23.4 Å². The monoisotopic (exact) mass is 476 g/mol. The van der Waals surface area contributed by atoms with Gasteiger partial charge in [0.1, 0.15) is 11.5 Å². The minimum absolute atomic E-state index is 0.0840. The predicted octanol–water partition coefficient (Wildman–Crippen LogP) is 5.84. The van der Waals surface area contributed by atoms with Crippen LogP contribution in [0.15, 0.2) is 76.5 Å². The fourth-order valence-electron chi connectivity index (χ4n) is 3.63. The third-order valence-electron chi connectivity index (χ3n) is 5.67. The Morgan fingerprint density at radius 2 is 1.91 bits per heavy atom. The summed E-state index contributed by atoms with van der Waals surface area (Å²) in [5, 5.41) is 12.5. The van der Waals surface area contributed by atoms with Crippen LogP contribution in [0.2, 0.25) is 0 Å². The number of benzene rings is 2. The predicted molar refractivity (Wildman–Crippen MR) is 134 cm³/mol. The van der Waals surface area contributed by atoms with Crippen LogP contribution in [0.1, 0.15) is 37.5 Å². The SMILES string of the molecule is CCC(C)c1ccccc1NC(=O)CSc1nnc(-c2ccc(OC)cc2)n1Cc1ccco1. The van der Waals surface area contributed by atoms with Gasteiger partial charge in [-0.25, -0.2) is 0 Å². The number of furan rings is 1. The number of rotatable bonds is 10. The molecule has 2 aromatic carbocycles. The van der Waals surface area contributed by atoms with Crippen molar-refractivity contribution < 1.29 is 13.9 Å². The number of hydrogen-bond donors (Lipinski definition) is 1. The number of carbonyl (C=O) groups is 1. The van der Waals surface area contributed by atoms with Gasteiger partial charge in [0.15, 0.2) is 11.0 Å². The van der Waals surface area contributed by atoms with Crippen molar-refractivity contribution in [2.45, 2.75) is 37.9 Å². The number of amides is 1. The van der Waals surface area contributed by atoms with Crippen molar-refractivity contribution in [3.63, 3.8) is 0 Å². The first-order chi connectivity index (χ1) is 16.6. The van der Waals surface area contributed by atoms with E-state index in [1.807, 2.05) is 59.2 Å². The maximum absolute atomic E-state index is 12.8. The van der Waals surface area contributed by atoms with Gasteiger partial charge in [-0.15, -0.1) is 10.2 Å². The molecule has 176 valence electrons. The number of nitrogens with one attached hydrogen (secondary N) is 1. The molecular weight excluding hydrogens is 448 g/mol. The van der Waals surface area contributed by atoms with Gasteiger partial charge in [0.25, 0.3) is 0 Å². The summed E-state index contributed by atoms with van der Waals surface area (Å²) in [5.41, 5.74) is 2.91. The Labute approximate surface area is 203 Å². The highest BCUT2D eigenvalue weighted by Gasteiger charge is 2.18. The molecule has 0 radical (unpaired) electrons. The number of methoxy groups -OCH3 is 1. The van der Waals surface area contributed by atoms with Gasteiger partial charge in [0.2, 0.25) is 5.91 Å². The molecule has 4 aromatic rings. The highest BCUT2D eigenvalue weighted by molar-refractivity contribution is 7.99. The first-order valence-corrected chi connectivity index (χ1v) is 12.2. The maximum Gasteiger partial charge on any atom is 0.234 e. The number of ether oxygens (including phenoxy) is 1. The zero-order chi connectivity index (χ0) is 23.9. The van der Waals surface area contributed by atoms with Gasteiger partial charge < -0.3 is 14.5 Å². The maximum atomic E-state index is 12.8. The molecule has 8 heteroatoms. The molecule has 2 heterocycles. The van der Waals surface area contributed by atoms with E-state index in [0.29, 0.717) is 23.4 Å². The Kier molecular flexibility index (Phi) is 7.69. The van der Waals surface area contributed by atoms with Crippen LogP contribution in [0.4, 0.5) is 5.69 Å². The van der Waals surface area contributed by atoms with Crippen molar-refractivity contribution in [1.82, 2.24) is 14.8 Å². The molecule has 34 heavy (non-hydrogen) atoms. The van der Waals surface area contributed by atoms with Crippen LogP contribution in [-0.2, 0) is 11.3 Å². The number of anilines is 1. The summed E-state index contributed by atoms with van der Waals surface area (Å²) in [7, 11) is 1.63. The highest BCUT2D eigenvalue weighted by Crippen LogP contribution is 2.29. The van der Waals surface area contributed by atoms with Crippen LogP contribution < -0.4 is 10.1 Å².